The van der Waals surface area contributed by atoms with Crippen LogP contribution in [0.2, 0.25) is 0 Å². The standard InChI is InChI=1S/C21H25NO3/c1-5-15(3)18-8-6-7-9-19(18)22-20(23)16(4)25-21(24)17-12-10-14(2)11-13-17/h6-13,15-16H,5H2,1-4H3,(H,22,23)/t15-,16+/m1/s1. The third-order valence-corrected chi connectivity index (χ3v) is 4.30. The summed E-state index contributed by atoms with van der Waals surface area (Å²) in [5.41, 5.74) is 3.34. The molecule has 132 valence electrons. The number of anilines is 1. The number of para-hydroxylation sites is 1. The third kappa shape index (κ3) is 4.92. The Hall–Kier alpha value is -2.62. The van der Waals surface area contributed by atoms with Gasteiger partial charge in [-0.1, -0.05) is 49.7 Å². The summed E-state index contributed by atoms with van der Waals surface area (Å²) in [5.74, 6) is -0.504. The van der Waals surface area contributed by atoms with Gasteiger partial charge in [0, 0.05) is 5.69 Å². The third-order valence-electron chi connectivity index (χ3n) is 4.30. The van der Waals surface area contributed by atoms with E-state index in [1.807, 2.05) is 43.3 Å². The van der Waals surface area contributed by atoms with Gasteiger partial charge in [-0.2, -0.15) is 0 Å². The smallest absolute Gasteiger partial charge is 0.338 e. The molecule has 4 heteroatoms. The van der Waals surface area contributed by atoms with Gasteiger partial charge in [-0.15, -0.1) is 0 Å². The monoisotopic (exact) mass is 339 g/mol. The fourth-order valence-corrected chi connectivity index (χ4v) is 2.47. The first-order valence-electron chi connectivity index (χ1n) is 8.59. The maximum atomic E-state index is 12.4. The summed E-state index contributed by atoms with van der Waals surface area (Å²) < 4.78 is 5.29. The number of carbonyl (C=O) groups is 2. The van der Waals surface area contributed by atoms with Crippen molar-refractivity contribution in [3.63, 3.8) is 0 Å². The summed E-state index contributed by atoms with van der Waals surface area (Å²) in [6.45, 7) is 7.74. The fourth-order valence-electron chi connectivity index (χ4n) is 2.47. The molecule has 1 N–H and O–H groups in total. The van der Waals surface area contributed by atoms with E-state index in [2.05, 4.69) is 19.2 Å². The molecule has 0 heterocycles. The van der Waals surface area contributed by atoms with E-state index in [1.54, 1.807) is 19.1 Å². The van der Waals surface area contributed by atoms with Crippen molar-refractivity contribution in [3.8, 4) is 0 Å². The van der Waals surface area contributed by atoms with E-state index >= 15 is 0 Å². The van der Waals surface area contributed by atoms with Gasteiger partial charge >= 0.3 is 5.97 Å². The second-order valence-electron chi connectivity index (χ2n) is 6.30. The normalized spacial score (nSPS) is 13.0. The number of carbonyl (C=O) groups excluding carboxylic acids is 2. The zero-order valence-electron chi connectivity index (χ0n) is 15.2. The van der Waals surface area contributed by atoms with Gasteiger partial charge in [0.05, 0.1) is 5.56 Å². The number of hydrogen-bond donors (Lipinski definition) is 1. The summed E-state index contributed by atoms with van der Waals surface area (Å²) in [6, 6.07) is 14.8. The van der Waals surface area contributed by atoms with Gasteiger partial charge in [0.15, 0.2) is 6.10 Å². The lowest BCUT2D eigenvalue weighted by atomic mass is 9.97. The van der Waals surface area contributed by atoms with Crippen LogP contribution < -0.4 is 5.32 Å². The fraction of sp³-hybridized carbons (Fsp3) is 0.333. The lowest BCUT2D eigenvalue weighted by molar-refractivity contribution is -0.123. The Balaban J connectivity index is 2.03. The van der Waals surface area contributed by atoms with E-state index in [4.69, 9.17) is 4.74 Å². The van der Waals surface area contributed by atoms with Gasteiger partial charge < -0.3 is 10.1 Å². The summed E-state index contributed by atoms with van der Waals surface area (Å²) in [4.78, 5) is 24.6. The summed E-state index contributed by atoms with van der Waals surface area (Å²) in [7, 11) is 0. The number of ether oxygens (including phenoxy) is 1. The Morgan fingerprint density at radius 1 is 1.04 bits per heavy atom. The maximum Gasteiger partial charge on any atom is 0.338 e. The molecule has 2 aromatic rings. The van der Waals surface area contributed by atoms with Gasteiger partial charge in [-0.3, -0.25) is 4.79 Å². The quantitative estimate of drug-likeness (QED) is 0.777. The molecule has 1 amide bonds. The number of benzene rings is 2. The highest BCUT2D eigenvalue weighted by molar-refractivity contribution is 5.97. The van der Waals surface area contributed by atoms with E-state index in [1.165, 1.54) is 0 Å². The summed E-state index contributed by atoms with van der Waals surface area (Å²) >= 11 is 0. The van der Waals surface area contributed by atoms with Crippen LogP contribution in [0.1, 0.15) is 54.6 Å². The van der Waals surface area contributed by atoms with Gasteiger partial charge in [0.1, 0.15) is 0 Å². The molecular formula is C21H25NO3. The first kappa shape index (κ1) is 18.7. The van der Waals surface area contributed by atoms with Crippen molar-refractivity contribution < 1.29 is 14.3 Å². The molecule has 0 aliphatic carbocycles. The van der Waals surface area contributed by atoms with Crippen molar-refractivity contribution in [2.75, 3.05) is 5.32 Å². The molecule has 0 unspecified atom stereocenters. The number of amides is 1. The van der Waals surface area contributed by atoms with Gasteiger partial charge in [0.2, 0.25) is 0 Å². The minimum absolute atomic E-state index is 0.335. The number of hydrogen-bond acceptors (Lipinski definition) is 3. The molecule has 0 saturated carbocycles. The summed E-state index contributed by atoms with van der Waals surface area (Å²) in [5, 5.41) is 2.88. The second kappa shape index (κ2) is 8.47. The van der Waals surface area contributed by atoms with Crippen molar-refractivity contribution in [1.29, 1.82) is 0 Å². The van der Waals surface area contributed by atoms with Gasteiger partial charge in [-0.05, 0) is 49.9 Å². The van der Waals surface area contributed by atoms with E-state index in [0.29, 0.717) is 11.5 Å². The Morgan fingerprint density at radius 3 is 2.32 bits per heavy atom. The minimum Gasteiger partial charge on any atom is -0.449 e. The molecule has 2 aromatic carbocycles. The van der Waals surface area contributed by atoms with E-state index < -0.39 is 12.1 Å². The Labute approximate surface area is 149 Å². The highest BCUT2D eigenvalue weighted by atomic mass is 16.5. The van der Waals surface area contributed by atoms with Crippen LogP contribution in [-0.2, 0) is 9.53 Å². The highest BCUT2D eigenvalue weighted by Gasteiger charge is 2.20. The van der Waals surface area contributed by atoms with Gasteiger partial charge in [-0.25, -0.2) is 4.79 Å². The lowest BCUT2D eigenvalue weighted by Crippen LogP contribution is -2.30. The zero-order chi connectivity index (χ0) is 18.4. The first-order chi connectivity index (χ1) is 11.9. The van der Waals surface area contributed by atoms with E-state index in [-0.39, 0.29) is 5.91 Å². The number of aryl methyl sites for hydroxylation is 1. The van der Waals surface area contributed by atoms with Crippen molar-refractivity contribution in [2.45, 2.75) is 46.1 Å². The van der Waals surface area contributed by atoms with Crippen LogP contribution in [-0.4, -0.2) is 18.0 Å². The topological polar surface area (TPSA) is 55.4 Å². The van der Waals surface area contributed by atoms with Crippen LogP contribution >= 0.6 is 0 Å². The van der Waals surface area contributed by atoms with Crippen molar-refractivity contribution in [3.05, 3.63) is 65.2 Å². The molecule has 4 nitrogen and oxygen atoms in total. The number of rotatable bonds is 6. The Kier molecular flexibility index (Phi) is 6.34. The van der Waals surface area contributed by atoms with Gasteiger partial charge in [0.25, 0.3) is 5.91 Å². The van der Waals surface area contributed by atoms with Crippen LogP contribution in [0.4, 0.5) is 5.69 Å². The second-order valence-corrected chi connectivity index (χ2v) is 6.30. The molecule has 2 rings (SSSR count). The molecule has 0 saturated heterocycles. The molecule has 0 bridgehead atoms. The van der Waals surface area contributed by atoms with Crippen LogP contribution in [0.3, 0.4) is 0 Å². The average molecular weight is 339 g/mol. The van der Waals surface area contributed by atoms with Crippen LogP contribution in [0.5, 0.6) is 0 Å². The molecule has 0 aromatic heterocycles. The highest BCUT2D eigenvalue weighted by Crippen LogP contribution is 2.26. The molecule has 0 spiro atoms. The molecule has 0 fully saturated rings. The molecule has 25 heavy (non-hydrogen) atoms. The number of nitrogens with one attached hydrogen (secondary N) is 1. The van der Waals surface area contributed by atoms with Crippen LogP contribution in [0.15, 0.2) is 48.5 Å². The lowest BCUT2D eigenvalue weighted by Gasteiger charge is -2.18. The van der Waals surface area contributed by atoms with Crippen molar-refractivity contribution in [2.24, 2.45) is 0 Å². The predicted molar refractivity (Wildman–Crippen MR) is 99.8 cm³/mol. The van der Waals surface area contributed by atoms with Crippen molar-refractivity contribution >= 4 is 17.6 Å². The molecule has 0 aliphatic rings. The van der Waals surface area contributed by atoms with Crippen molar-refractivity contribution in [1.82, 2.24) is 0 Å². The molecule has 0 aliphatic heterocycles. The average Bonchev–Trinajstić information content (AvgIpc) is 2.61. The maximum absolute atomic E-state index is 12.4. The molecular weight excluding hydrogens is 314 g/mol. The Bertz CT molecular complexity index is 737. The number of esters is 1. The van der Waals surface area contributed by atoms with Crippen LogP contribution in [0, 0.1) is 6.92 Å². The van der Waals surface area contributed by atoms with Crippen LogP contribution in [0.25, 0.3) is 0 Å². The largest absolute Gasteiger partial charge is 0.449 e. The minimum atomic E-state index is -0.876. The first-order valence-corrected chi connectivity index (χ1v) is 8.59. The summed E-state index contributed by atoms with van der Waals surface area (Å²) in [6.07, 6.45) is 0.101. The predicted octanol–water partition coefficient (Wildman–Crippen LogP) is 4.69. The van der Waals surface area contributed by atoms with E-state index in [0.717, 1.165) is 23.2 Å². The zero-order valence-corrected chi connectivity index (χ0v) is 15.2. The SMILES string of the molecule is CC[C@@H](C)c1ccccc1NC(=O)[C@H](C)OC(=O)c1ccc(C)cc1. The Morgan fingerprint density at radius 2 is 1.68 bits per heavy atom. The molecule has 2 atom stereocenters. The van der Waals surface area contributed by atoms with E-state index in [9.17, 15) is 9.59 Å². The molecule has 0 radical (unpaired) electrons.